The second kappa shape index (κ2) is 17.0. The normalized spacial score (nSPS) is 10.0. The second-order valence-electron chi connectivity index (χ2n) is 1.26. The van der Waals surface area contributed by atoms with E-state index in [2.05, 4.69) is 9.44 Å². The Labute approximate surface area is 83.9 Å². The molecule has 0 bridgehead atoms. The molecule has 4 N–H and O–H groups in total. The molecule has 0 aromatic carbocycles. The van der Waals surface area contributed by atoms with E-state index >= 15 is 0 Å². The fraction of sp³-hybridized carbons (Fsp3) is 1.00. The molecule has 74 valence electrons. The Morgan fingerprint density at radius 3 is 1.55 bits per heavy atom. The van der Waals surface area contributed by atoms with Gasteiger partial charge in [-0.15, -0.1) is 0 Å². The zero-order valence-corrected chi connectivity index (χ0v) is 9.53. The molecule has 0 saturated heterocycles. The van der Waals surface area contributed by atoms with Crippen molar-refractivity contribution in [3.05, 3.63) is 0 Å². The molecule has 1 unspecified atom stereocenters. The molecule has 0 fully saturated rings. The van der Waals surface area contributed by atoms with Gasteiger partial charge in [-0.05, 0) is 0 Å². The molecular formula is C4H14N2O3PtS. The maximum Gasteiger partial charge on any atom is 2.00 e. The Kier molecular flexibility index (Phi) is 34.8. The van der Waals surface area contributed by atoms with Crippen LogP contribution in [0.2, 0.25) is 0 Å². The molecule has 0 rings (SSSR count). The van der Waals surface area contributed by atoms with Crippen molar-refractivity contribution >= 4 is 11.2 Å². The van der Waals surface area contributed by atoms with E-state index in [1.807, 2.05) is 13.8 Å². The van der Waals surface area contributed by atoms with Gasteiger partial charge in [-0.1, -0.05) is 13.8 Å². The molecule has 0 saturated carbocycles. The molecule has 0 amide bonds. The Bertz CT molecular complexity index is 77.7. The smallest absolute Gasteiger partial charge is 0.870 e. The first kappa shape index (κ1) is 22.6. The van der Waals surface area contributed by atoms with Crippen LogP contribution in [0.5, 0.6) is 0 Å². The molecule has 0 heterocycles. The van der Waals surface area contributed by atoms with Crippen molar-refractivity contribution in [2.24, 2.45) is 0 Å². The van der Waals surface area contributed by atoms with Crippen molar-refractivity contribution in [3.8, 4) is 0 Å². The number of hydrogen-bond donors (Lipinski definition) is 2. The van der Waals surface area contributed by atoms with Crippen molar-refractivity contribution < 1.29 is 36.2 Å². The Hall–Kier alpha value is 0.678. The van der Waals surface area contributed by atoms with Crippen LogP contribution in [0.4, 0.5) is 0 Å². The van der Waals surface area contributed by atoms with Gasteiger partial charge in [0, 0.05) is 13.1 Å². The molecule has 0 aromatic rings. The van der Waals surface area contributed by atoms with Crippen LogP contribution in [0.3, 0.4) is 0 Å². The first-order chi connectivity index (χ1) is 3.81. The summed E-state index contributed by atoms with van der Waals surface area (Å²) in [5.74, 6) is 0. The fourth-order valence-corrected chi connectivity index (χ4v) is 0.940. The van der Waals surface area contributed by atoms with Gasteiger partial charge in [0.25, 0.3) is 0 Å². The summed E-state index contributed by atoms with van der Waals surface area (Å²) in [6.45, 7) is 5.30. The van der Waals surface area contributed by atoms with Crippen molar-refractivity contribution in [2.75, 3.05) is 13.1 Å². The standard InChI is InChI=1S/C4H12N2OS.2H2O.Pt/c1-3-5-8(7)6-4-2;;;/h5-6H,3-4H2,1-2H3;2*1H2;/q;;;+2/p-2/i5+1;;;. The van der Waals surface area contributed by atoms with Crippen LogP contribution in [-0.4, -0.2) is 28.3 Å². The summed E-state index contributed by atoms with van der Waals surface area (Å²) in [4.78, 5) is 0. The van der Waals surface area contributed by atoms with E-state index in [0.29, 0.717) is 0 Å². The van der Waals surface area contributed by atoms with Gasteiger partial charge in [0.2, 0.25) is 0 Å². The topological polar surface area (TPSA) is 101 Å². The van der Waals surface area contributed by atoms with Crippen molar-refractivity contribution in [1.82, 2.24) is 9.44 Å². The summed E-state index contributed by atoms with van der Waals surface area (Å²) in [6, 6.07) is 0. The predicted molar refractivity (Wildman–Crippen MR) is 39.4 cm³/mol. The van der Waals surface area contributed by atoms with Gasteiger partial charge in [0.05, 0.1) is 0 Å². The summed E-state index contributed by atoms with van der Waals surface area (Å²) in [5, 5.41) is 0. The van der Waals surface area contributed by atoms with Gasteiger partial charge in [-0.2, -0.15) is 0 Å². The third kappa shape index (κ3) is 18.0. The Morgan fingerprint density at radius 1 is 1.09 bits per heavy atom. The van der Waals surface area contributed by atoms with Gasteiger partial charge in [0.1, 0.15) is 0 Å². The van der Waals surface area contributed by atoms with Crippen LogP contribution in [0.15, 0.2) is 0 Å². The van der Waals surface area contributed by atoms with E-state index in [0.717, 1.165) is 13.1 Å². The van der Waals surface area contributed by atoms with Gasteiger partial charge in [-0.3, -0.25) is 0 Å². The molecule has 0 radical (unpaired) electrons. The molecule has 0 aromatic heterocycles. The van der Waals surface area contributed by atoms with Crippen molar-refractivity contribution in [3.63, 3.8) is 0 Å². The Balaban J connectivity index is -0.0000000817. The number of hydrogen-bond acceptors (Lipinski definition) is 3. The predicted octanol–water partition coefficient (Wildman–Crippen LogP) is -0.572. The molecule has 1 atom stereocenters. The van der Waals surface area contributed by atoms with E-state index < -0.39 is 11.2 Å². The molecule has 0 spiro atoms. The van der Waals surface area contributed by atoms with E-state index in [1.54, 1.807) is 0 Å². The van der Waals surface area contributed by atoms with E-state index in [9.17, 15) is 4.21 Å². The van der Waals surface area contributed by atoms with E-state index in [4.69, 9.17) is 0 Å². The van der Waals surface area contributed by atoms with Crippen LogP contribution in [0.25, 0.3) is 0 Å². The maximum atomic E-state index is 10.5. The summed E-state index contributed by atoms with van der Waals surface area (Å²) < 4.78 is 15.9. The Morgan fingerprint density at radius 2 is 1.36 bits per heavy atom. The molecule has 7 heteroatoms. The number of rotatable bonds is 4. The van der Waals surface area contributed by atoms with E-state index in [-0.39, 0.29) is 32.0 Å². The third-order valence-electron chi connectivity index (χ3n) is 0.551. The molecule has 5 nitrogen and oxygen atoms in total. The van der Waals surface area contributed by atoms with Crippen LogP contribution >= 0.6 is 0 Å². The minimum atomic E-state index is -1.02. The van der Waals surface area contributed by atoms with Gasteiger partial charge in [-0.25, -0.2) is 13.7 Å². The van der Waals surface area contributed by atoms with Gasteiger partial charge < -0.3 is 11.0 Å². The second-order valence-corrected chi connectivity index (χ2v) is 2.38. The minimum absolute atomic E-state index is 0. The monoisotopic (exact) mass is 366 g/mol. The molecule has 0 aliphatic carbocycles. The first-order valence-corrected chi connectivity index (χ1v) is 3.85. The van der Waals surface area contributed by atoms with Crippen molar-refractivity contribution in [1.29, 1.82) is 0 Å². The zero-order valence-electron chi connectivity index (χ0n) is 6.44. The van der Waals surface area contributed by atoms with Crippen molar-refractivity contribution in [2.45, 2.75) is 13.8 Å². The summed E-state index contributed by atoms with van der Waals surface area (Å²) in [5.41, 5.74) is 0. The summed E-state index contributed by atoms with van der Waals surface area (Å²) in [7, 11) is 0. The molecule has 0 aliphatic heterocycles. The average Bonchev–Trinajstić information content (AvgIpc) is 1.68. The average molecular weight is 366 g/mol. The quantitative estimate of drug-likeness (QED) is 0.652. The largest absolute Gasteiger partial charge is 2.00 e. The van der Waals surface area contributed by atoms with Gasteiger partial charge >= 0.3 is 21.1 Å². The summed E-state index contributed by atoms with van der Waals surface area (Å²) >= 11 is -1.02. The number of nitrogens with one attached hydrogen (secondary N) is 2. The van der Waals surface area contributed by atoms with Gasteiger partial charge in [0.15, 0.2) is 11.2 Å². The third-order valence-corrected chi connectivity index (χ3v) is 1.65. The molecule has 0 aliphatic rings. The first-order valence-electron chi connectivity index (χ1n) is 2.70. The van der Waals surface area contributed by atoms with Crippen LogP contribution in [0.1, 0.15) is 13.8 Å². The van der Waals surface area contributed by atoms with Crippen LogP contribution in [0, 0.1) is 0 Å². The minimum Gasteiger partial charge on any atom is -0.870 e. The SMILES string of the molecule is CCNS(=O)[15NH]CC.[OH-].[OH-].[Pt+2]. The fourth-order valence-electron chi connectivity index (χ4n) is 0.313. The molecular weight excluding hydrogens is 352 g/mol. The maximum absolute atomic E-state index is 10.5. The zero-order chi connectivity index (χ0) is 6.41. The molecule has 11 heavy (non-hydrogen) atoms. The van der Waals surface area contributed by atoms with Crippen LogP contribution in [-0.2, 0) is 32.2 Å². The van der Waals surface area contributed by atoms with Crippen LogP contribution < -0.4 is 9.44 Å². The summed E-state index contributed by atoms with van der Waals surface area (Å²) in [6.07, 6.45) is 0. The van der Waals surface area contributed by atoms with E-state index in [1.165, 1.54) is 0 Å².